The molecule has 0 bridgehead atoms. The number of para-hydroxylation sites is 2. The summed E-state index contributed by atoms with van der Waals surface area (Å²) in [6.45, 7) is 2.30. The lowest BCUT2D eigenvalue weighted by molar-refractivity contribution is -0.122. The fourth-order valence-corrected chi connectivity index (χ4v) is 2.91. The summed E-state index contributed by atoms with van der Waals surface area (Å²) < 4.78 is 0. The molecule has 120 valence electrons. The minimum Gasteiger partial charge on any atom is -0.325 e. The average molecular weight is 319 g/mol. The van der Waals surface area contributed by atoms with Crippen molar-refractivity contribution in [3.8, 4) is 6.07 Å². The SMILES string of the molecule is Cc1ccccc1N1C[C@H](C(=O)Nc2ccccc2C#N)CC1=O. The van der Waals surface area contributed by atoms with Gasteiger partial charge < -0.3 is 10.2 Å². The molecule has 2 amide bonds. The van der Waals surface area contributed by atoms with Gasteiger partial charge in [0.2, 0.25) is 11.8 Å². The molecule has 1 N–H and O–H groups in total. The maximum absolute atomic E-state index is 12.5. The normalized spacial score (nSPS) is 16.8. The largest absolute Gasteiger partial charge is 0.325 e. The van der Waals surface area contributed by atoms with Crippen molar-refractivity contribution in [3.05, 3.63) is 59.7 Å². The van der Waals surface area contributed by atoms with Crippen LogP contribution in [0.3, 0.4) is 0 Å². The summed E-state index contributed by atoms with van der Waals surface area (Å²) in [6.07, 6.45) is 0.175. The number of anilines is 2. The average Bonchev–Trinajstić information content (AvgIpc) is 2.97. The van der Waals surface area contributed by atoms with Crippen LogP contribution in [0.25, 0.3) is 0 Å². The Balaban J connectivity index is 1.75. The maximum Gasteiger partial charge on any atom is 0.229 e. The van der Waals surface area contributed by atoms with E-state index in [4.69, 9.17) is 5.26 Å². The van der Waals surface area contributed by atoms with Gasteiger partial charge in [0.15, 0.2) is 0 Å². The van der Waals surface area contributed by atoms with Crippen molar-refractivity contribution >= 4 is 23.2 Å². The van der Waals surface area contributed by atoms with E-state index in [1.54, 1.807) is 29.2 Å². The Morgan fingerprint density at radius 2 is 1.92 bits per heavy atom. The van der Waals surface area contributed by atoms with Gasteiger partial charge in [-0.05, 0) is 30.7 Å². The molecule has 5 nitrogen and oxygen atoms in total. The lowest BCUT2D eigenvalue weighted by Gasteiger charge is -2.19. The topological polar surface area (TPSA) is 73.2 Å². The summed E-state index contributed by atoms with van der Waals surface area (Å²) >= 11 is 0. The van der Waals surface area contributed by atoms with Crippen LogP contribution in [0.1, 0.15) is 17.5 Å². The third kappa shape index (κ3) is 2.99. The highest BCUT2D eigenvalue weighted by atomic mass is 16.2. The monoisotopic (exact) mass is 319 g/mol. The Morgan fingerprint density at radius 1 is 1.21 bits per heavy atom. The zero-order valence-electron chi connectivity index (χ0n) is 13.3. The molecule has 1 aliphatic rings. The molecule has 0 radical (unpaired) electrons. The molecule has 1 atom stereocenters. The molecule has 5 heteroatoms. The Kier molecular flexibility index (Phi) is 4.30. The number of rotatable bonds is 3. The number of carbonyl (C=O) groups excluding carboxylic acids is 2. The lowest BCUT2D eigenvalue weighted by atomic mass is 10.1. The van der Waals surface area contributed by atoms with Gasteiger partial charge in [-0.25, -0.2) is 0 Å². The predicted octanol–water partition coefficient (Wildman–Crippen LogP) is 2.86. The highest BCUT2D eigenvalue weighted by molar-refractivity contribution is 6.04. The molecule has 1 fully saturated rings. The zero-order chi connectivity index (χ0) is 17.1. The van der Waals surface area contributed by atoms with Gasteiger partial charge in [-0.1, -0.05) is 30.3 Å². The van der Waals surface area contributed by atoms with Gasteiger partial charge in [0.05, 0.1) is 17.2 Å². The van der Waals surface area contributed by atoms with E-state index >= 15 is 0 Å². The second kappa shape index (κ2) is 6.55. The van der Waals surface area contributed by atoms with Crippen molar-refractivity contribution in [1.29, 1.82) is 5.26 Å². The number of hydrogen-bond acceptors (Lipinski definition) is 3. The van der Waals surface area contributed by atoms with Gasteiger partial charge in [0.1, 0.15) is 6.07 Å². The number of amides is 2. The quantitative estimate of drug-likeness (QED) is 0.945. The van der Waals surface area contributed by atoms with Crippen molar-refractivity contribution in [2.75, 3.05) is 16.8 Å². The van der Waals surface area contributed by atoms with Crippen LogP contribution >= 0.6 is 0 Å². The van der Waals surface area contributed by atoms with Crippen molar-refractivity contribution in [1.82, 2.24) is 0 Å². The summed E-state index contributed by atoms with van der Waals surface area (Å²) in [5.74, 6) is -0.719. The van der Waals surface area contributed by atoms with Crippen LogP contribution < -0.4 is 10.2 Å². The van der Waals surface area contributed by atoms with Crippen LogP contribution in [0.4, 0.5) is 11.4 Å². The zero-order valence-corrected chi connectivity index (χ0v) is 13.3. The molecule has 0 saturated carbocycles. The Morgan fingerprint density at radius 3 is 2.67 bits per heavy atom. The van der Waals surface area contributed by atoms with Gasteiger partial charge in [0, 0.05) is 18.7 Å². The fourth-order valence-electron chi connectivity index (χ4n) is 2.91. The van der Waals surface area contributed by atoms with E-state index in [-0.39, 0.29) is 18.2 Å². The molecule has 0 aliphatic carbocycles. The summed E-state index contributed by atoms with van der Waals surface area (Å²) in [6, 6.07) is 16.5. The first-order valence-electron chi connectivity index (χ1n) is 7.76. The predicted molar refractivity (Wildman–Crippen MR) is 91.4 cm³/mol. The van der Waals surface area contributed by atoms with E-state index in [0.717, 1.165) is 11.3 Å². The summed E-state index contributed by atoms with van der Waals surface area (Å²) in [5.41, 5.74) is 2.73. The van der Waals surface area contributed by atoms with Crippen molar-refractivity contribution < 1.29 is 9.59 Å². The van der Waals surface area contributed by atoms with Crippen molar-refractivity contribution in [3.63, 3.8) is 0 Å². The van der Waals surface area contributed by atoms with Crippen molar-refractivity contribution in [2.45, 2.75) is 13.3 Å². The number of nitrogens with zero attached hydrogens (tertiary/aromatic N) is 2. The third-order valence-electron chi connectivity index (χ3n) is 4.21. The standard InChI is InChI=1S/C19H17N3O2/c1-13-6-2-5-9-17(13)22-12-15(10-18(22)23)19(24)21-16-8-4-3-7-14(16)11-20/h2-9,15H,10,12H2,1H3,(H,21,24)/t15-/m1/s1. The van der Waals surface area contributed by atoms with Gasteiger partial charge in [-0.2, -0.15) is 5.26 Å². The van der Waals surface area contributed by atoms with Gasteiger partial charge in [0.25, 0.3) is 0 Å². The molecule has 2 aromatic rings. The van der Waals surface area contributed by atoms with E-state index < -0.39 is 5.92 Å². The number of benzene rings is 2. The molecule has 1 saturated heterocycles. The number of hydrogen-bond donors (Lipinski definition) is 1. The maximum atomic E-state index is 12.5. The first kappa shape index (κ1) is 15.8. The van der Waals surface area contributed by atoms with Gasteiger partial charge in [-0.3, -0.25) is 9.59 Å². The smallest absolute Gasteiger partial charge is 0.229 e. The Bertz CT molecular complexity index is 839. The molecule has 1 aliphatic heterocycles. The third-order valence-corrected chi connectivity index (χ3v) is 4.21. The van der Waals surface area contributed by atoms with E-state index in [0.29, 0.717) is 17.8 Å². The highest BCUT2D eigenvalue weighted by Gasteiger charge is 2.35. The molecule has 0 spiro atoms. The van der Waals surface area contributed by atoms with Crippen LogP contribution in [0.5, 0.6) is 0 Å². The molecular weight excluding hydrogens is 302 g/mol. The molecule has 1 heterocycles. The van der Waals surface area contributed by atoms with Crippen LogP contribution in [0, 0.1) is 24.2 Å². The van der Waals surface area contributed by atoms with Crippen LogP contribution in [-0.4, -0.2) is 18.4 Å². The van der Waals surface area contributed by atoms with E-state index in [2.05, 4.69) is 11.4 Å². The highest BCUT2D eigenvalue weighted by Crippen LogP contribution is 2.28. The number of carbonyl (C=O) groups is 2. The van der Waals surface area contributed by atoms with Crippen LogP contribution in [-0.2, 0) is 9.59 Å². The van der Waals surface area contributed by atoms with Crippen LogP contribution in [0.15, 0.2) is 48.5 Å². The lowest BCUT2D eigenvalue weighted by Crippen LogP contribution is -2.28. The molecule has 0 aromatic heterocycles. The Labute approximate surface area is 140 Å². The number of nitrogens with one attached hydrogen (secondary N) is 1. The van der Waals surface area contributed by atoms with E-state index in [9.17, 15) is 9.59 Å². The van der Waals surface area contributed by atoms with E-state index in [1.165, 1.54) is 0 Å². The first-order valence-corrected chi connectivity index (χ1v) is 7.76. The van der Waals surface area contributed by atoms with Gasteiger partial charge >= 0.3 is 0 Å². The fraction of sp³-hybridized carbons (Fsp3) is 0.211. The molecule has 24 heavy (non-hydrogen) atoms. The second-order valence-electron chi connectivity index (χ2n) is 5.84. The number of nitriles is 1. The number of aryl methyl sites for hydroxylation is 1. The molecular formula is C19H17N3O2. The Hall–Kier alpha value is -3.13. The summed E-state index contributed by atoms with van der Waals surface area (Å²) in [4.78, 5) is 26.5. The molecule has 0 unspecified atom stereocenters. The van der Waals surface area contributed by atoms with E-state index in [1.807, 2.05) is 31.2 Å². The summed E-state index contributed by atoms with van der Waals surface area (Å²) in [7, 11) is 0. The van der Waals surface area contributed by atoms with Gasteiger partial charge in [-0.15, -0.1) is 0 Å². The van der Waals surface area contributed by atoms with Crippen LogP contribution in [0.2, 0.25) is 0 Å². The van der Waals surface area contributed by atoms with Crippen molar-refractivity contribution in [2.24, 2.45) is 5.92 Å². The second-order valence-corrected chi connectivity index (χ2v) is 5.84. The minimum absolute atomic E-state index is 0.0574. The first-order chi connectivity index (χ1) is 11.6. The minimum atomic E-state index is -0.427. The summed E-state index contributed by atoms with van der Waals surface area (Å²) in [5, 5.41) is 11.9. The molecule has 2 aromatic carbocycles. The molecule has 3 rings (SSSR count).